The van der Waals surface area contributed by atoms with Gasteiger partial charge in [0.2, 0.25) is 0 Å². The molecule has 164 valence electrons. The van der Waals surface area contributed by atoms with Crippen LogP contribution in [0.1, 0.15) is 23.8 Å². The Hall–Kier alpha value is -3.57. The number of amides is 3. The largest absolute Gasteiger partial charge is 0.408 e. The molecule has 9 nitrogen and oxygen atoms in total. The molecule has 3 amide bonds. The van der Waals surface area contributed by atoms with E-state index in [2.05, 4.69) is 15.3 Å². The van der Waals surface area contributed by atoms with Gasteiger partial charge in [-0.25, -0.2) is 14.8 Å². The highest BCUT2D eigenvalue weighted by Crippen LogP contribution is 2.39. The minimum absolute atomic E-state index is 0.200. The van der Waals surface area contributed by atoms with Crippen LogP contribution < -0.4 is 26.2 Å². The normalized spacial score (nSPS) is 18.4. The van der Waals surface area contributed by atoms with Crippen LogP contribution in [0, 0.1) is 0 Å². The lowest BCUT2D eigenvalue weighted by molar-refractivity contribution is -0.149. The molecule has 1 fully saturated rings. The summed E-state index contributed by atoms with van der Waals surface area (Å²) >= 11 is 0. The molecule has 0 radical (unpaired) electrons. The Kier molecular flexibility index (Phi) is 5.07. The number of halogens is 3. The first-order chi connectivity index (χ1) is 14.6. The van der Waals surface area contributed by atoms with Crippen LogP contribution in [-0.4, -0.2) is 53.3 Å². The van der Waals surface area contributed by atoms with Gasteiger partial charge in [0.05, 0.1) is 11.7 Å². The highest BCUT2D eigenvalue weighted by molar-refractivity contribution is 6.05. The number of hydrogen-bond donors (Lipinski definition) is 3. The van der Waals surface area contributed by atoms with Crippen molar-refractivity contribution < 1.29 is 22.8 Å². The predicted octanol–water partition coefficient (Wildman–Crippen LogP) is 2.37. The molecule has 0 unspecified atom stereocenters. The first-order valence-electron chi connectivity index (χ1n) is 9.59. The molecular weight excluding hydrogens is 415 g/mol. The van der Waals surface area contributed by atoms with Crippen molar-refractivity contribution in [2.24, 2.45) is 0 Å². The van der Waals surface area contributed by atoms with Crippen molar-refractivity contribution in [1.29, 1.82) is 0 Å². The van der Waals surface area contributed by atoms with Gasteiger partial charge in [-0.3, -0.25) is 15.0 Å². The molecule has 0 aliphatic carbocycles. The van der Waals surface area contributed by atoms with E-state index < -0.39 is 24.2 Å². The molecule has 2 atom stereocenters. The van der Waals surface area contributed by atoms with Crippen LogP contribution in [0.2, 0.25) is 0 Å². The van der Waals surface area contributed by atoms with Crippen molar-refractivity contribution in [2.75, 3.05) is 33.9 Å². The Morgan fingerprint density at radius 3 is 2.77 bits per heavy atom. The number of aromatic nitrogens is 2. The second kappa shape index (κ2) is 7.60. The zero-order chi connectivity index (χ0) is 22.3. The minimum atomic E-state index is -4.58. The molecule has 2 aliphatic heterocycles. The van der Waals surface area contributed by atoms with Gasteiger partial charge < -0.3 is 16.0 Å². The summed E-state index contributed by atoms with van der Waals surface area (Å²) in [7, 11) is 0. The van der Waals surface area contributed by atoms with Crippen LogP contribution in [0.4, 0.5) is 41.0 Å². The summed E-state index contributed by atoms with van der Waals surface area (Å²) in [5, 5.41) is 4.55. The Labute approximate surface area is 175 Å². The fourth-order valence-electron chi connectivity index (χ4n) is 3.64. The molecule has 2 bridgehead atoms. The van der Waals surface area contributed by atoms with Gasteiger partial charge in [0.25, 0.3) is 5.91 Å². The van der Waals surface area contributed by atoms with Gasteiger partial charge in [0, 0.05) is 31.0 Å². The van der Waals surface area contributed by atoms with Crippen molar-refractivity contribution in [2.45, 2.75) is 31.6 Å². The van der Waals surface area contributed by atoms with E-state index >= 15 is 0 Å². The predicted molar refractivity (Wildman–Crippen MR) is 108 cm³/mol. The van der Waals surface area contributed by atoms with Crippen molar-refractivity contribution in [3.63, 3.8) is 0 Å². The lowest BCUT2D eigenvalue weighted by atomic mass is 10.1. The monoisotopic (exact) mass is 435 g/mol. The van der Waals surface area contributed by atoms with E-state index in [0.717, 1.165) is 6.92 Å². The Morgan fingerprint density at radius 1 is 1.29 bits per heavy atom. The average Bonchev–Trinajstić information content (AvgIpc) is 3.11. The molecule has 12 heteroatoms. The molecule has 4 rings (SSSR count). The number of alkyl halides is 3. The van der Waals surface area contributed by atoms with E-state index in [1.165, 1.54) is 23.2 Å². The Balaban J connectivity index is 1.63. The number of nitrogens with zero attached hydrogens (tertiary/aromatic N) is 4. The van der Waals surface area contributed by atoms with Crippen LogP contribution >= 0.6 is 0 Å². The quantitative estimate of drug-likeness (QED) is 0.682. The first-order valence-corrected chi connectivity index (χ1v) is 9.59. The number of nitrogen functional groups attached to an aromatic ring is 1. The number of hydrogen-bond acceptors (Lipinski definition) is 6. The van der Waals surface area contributed by atoms with Gasteiger partial charge in [-0.15, -0.1) is 0 Å². The zero-order valence-corrected chi connectivity index (χ0v) is 16.5. The number of carbonyl (C=O) groups excluding carboxylic acids is 2. The van der Waals surface area contributed by atoms with Gasteiger partial charge in [-0.2, -0.15) is 13.2 Å². The highest BCUT2D eigenvalue weighted by Gasteiger charge is 2.41. The molecular formula is C19H20F3N7O2. The molecule has 31 heavy (non-hydrogen) atoms. The molecule has 4 heterocycles. The molecule has 0 spiro atoms. The van der Waals surface area contributed by atoms with Crippen molar-refractivity contribution in [3.05, 3.63) is 36.2 Å². The van der Waals surface area contributed by atoms with Gasteiger partial charge >= 0.3 is 12.2 Å². The maximum Gasteiger partial charge on any atom is 0.408 e. The second-order valence-electron chi connectivity index (χ2n) is 7.44. The standard InChI is InChI=1S/C19H20F3N7O2/c1-10(19(20,21)22)25-17(30)13-2-3-14-16(26-13)29(12-5-7-28(14)9-12)18(31)27-15-8-11(23)4-6-24-15/h2-4,6,8,10,12H,5,7,9H2,1H3,(H,25,30)(H3,23,24,27,31)/t10-,12+/m1/s1. The summed E-state index contributed by atoms with van der Waals surface area (Å²) in [6.07, 6.45) is -2.44. The molecule has 2 aromatic rings. The van der Waals surface area contributed by atoms with E-state index in [0.29, 0.717) is 30.9 Å². The average molecular weight is 435 g/mol. The number of carbonyl (C=O) groups is 2. The molecule has 2 aromatic heterocycles. The number of rotatable bonds is 3. The van der Waals surface area contributed by atoms with Gasteiger partial charge in [0.1, 0.15) is 17.6 Å². The Bertz CT molecular complexity index is 1030. The number of nitrogens with two attached hydrogens (primary N) is 1. The fraction of sp³-hybridized carbons (Fsp3) is 0.368. The SMILES string of the molecule is C[C@@H](NC(=O)c1ccc2c(n1)N(C(=O)Nc1cc(N)ccn1)[C@H]1CCN2C1)C(F)(F)F. The van der Waals surface area contributed by atoms with E-state index in [9.17, 15) is 22.8 Å². The summed E-state index contributed by atoms with van der Waals surface area (Å²) in [5.41, 5.74) is 6.57. The van der Waals surface area contributed by atoms with Gasteiger partial charge in [-0.1, -0.05) is 0 Å². The maximum absolute atomic E-state index is 13.0. The third kappa shape index (κ3) is 4.05. The number of anilines is 4. The van der Waals surface area contributed by atoms with Crippen molar-refractivity contribution >= 4 is 34.9 Å². The lowest BCUT2D eigenvalue weighted by Gasteiger charge is -2.35. The molecule has 4 N–H and O–H groups in total. The molecule has 2 aliphatic rings. The maximum atomic E-state index is 13.0. The van der Waals surface area contributed by atoms with Crippen LogP contribution in [0.3, 0.4) is 0 Å². The molecule has 0 aromatic carbocycles. The number of pyridine rings is 2. The van der Waals surface area contributed by atoms with Crippen LogP contribution in [0.15, 0.2) is 30.5 Å². The van der Waals surface area contributed by atoms with Gasteiger partial charge in [-0.05, 0) is 31.5 Å². The summed E-state index contributed by atoms with van der Waals surface area (Å²) in [6, 6.07) is 3.27. The van der Waals surface area contributed by atoms with Crippen molar-refractivity contribution in [3.8, 4) is 0 Å². The third-order valence-electron chi connectivity index (χ3n) is 5.26. The van der Waals surface area contributed by atoms with E-state index in [1.807, 2.05) is 10.2 Å². The van der Waals surface area contributed by atoms with E-state index in [4.69, 9.17) is 5.73 Å². The van der Waals surface area contributed by atoms with Gasteiger partial charge in [0.15, 0.2) is 5.82 Å². The van der Waals surface area contributed by atoms with Crippen LogP contribution in [0.5, 0.6) is 0 Å². The highest BCUT2D eigenvalue weighted by atomic mass is 19.4. The zero-order valence-electron chi connectivity index (χ0n) is 16.5. The second-order valence-corrected chi connectivity index (χ2v) is 7.44. The van der Waals surface area contributed by atoms with E-state index in [-0.39, 0.29) is 23.4 Å². The molecule has 0 saturated carbocycles. The van der Waals surface area contributed by atoms with Crippen molar-refractivity contribution in [1.82, 2.24) is 15.3 Å². The first kappa shape index (κ1) is 20.7. The summed E-state index contributed by atoms with van der Waals surface area (Å²) in [5.74, 6) is -0.513. The summed E-state index contributed by atoms with van der Waals surface area (Å²) in [4.78, 5) is 37.1. The van der Waals surface area contributed by atoms with E-state index in [1.54, 1.807) is 12.1 Å². The number of urea groups is 1. The Morgan fingerprint density at radius 2 is 2.06 bits per heavy atom. The fourth-order valence-corrected chi connectivity index (χ4v) is 3.64. The number of nitrogens with one attached hydrogen (secondary N) is 2. The smallest absolute Gasteiger partial charge is 0.399 e. The minimum Gasteiger partial charge on any atom is -0.399 e. The third-order valence-corrected chi connectivity index (χ3v) is 5.26. The lowest BCUT2D eigenvalue weighted by Crippen LogP contribution is -2.49. The van der Waals surface area contributed by atoms with Crippen LogP contribution in [-0.2, 0) is 0 Å². The summed E-state index contributed by atoms with van der Waals surface area (Å²) in [6.45, 7) is 2.12. The summed E-state index contributed by atoms with van der Waals surface area (Å²) < 4.78 is 38.4. The van der Waals surface area contributed by atoms with Crippen LogP contribution in [0.25, 0.3) is 0 Å². The number of fused-ring (bicyclic) bond motifs is 4. The topological polar surface area (TPSA) is 116 Å². The molecule has 1 saturated heterocycles.